The van der Waals surface area contributed by atoms with E-state index >= 15 is 0 Å². The third kappa shape index (κ3) is 4.88. The largest absolute Gasteiger partial charge is 0.351 e. The number of halogens is 1. The molecule has 0 aliphatic rings. The summed E-state index contributed by atoms with van der Waals surface area (Å²) in [5, 5.41) is 4.91. The second kappa shape index (κ2) is 8.95. The quantitative estimate of drug-likeness (QED) is 0.515. The Morgan fingerprint density at radius 3 is 2.69 bits per heavy atom. The molecule has 0 saturated heterocycles. The summed E-state index contributed by atoms with van der Waals surface area (Å²) in [4.78, 5) is 18.1. The monoisotopic (exact) mass is 498 g/mol. The maximum Gasteiger partial charge on any atom is 0.242 e. The van der Waals surface area contributed by atoms with Crippen molar-refractivity contribution < 1.29 is 13.2 Å². The zero-order valence-corrected chi connectivity index (χ0v) is 19.7. The third-order valence-electron chi connectivity index (χ3n) is 4.55. The molecule has 0 bridgehead atoms. The molecule has 29 heavy (non-hydrogen) atoms. The number of thiophene rings is 1. The minimum Gasteiger partial charge on any atom is -0.351 e. The summed E-state index contributed by atoms with van der Waals surface area (Å²) in [6.07, 6.45) is 0.803. The number of hydrogen-bond donors (Lipinski definition) is 1. The summed E-state index contributed by atoms with van der Waals surface area (Å²) in [5.74, 6) is 0.732. The lowest BCUT2D eigenvalue weighted by Gasteiger charge is -2.11. The van der Waals surface area contributed by atoms with Gasteiger partial charge in [0.05, 0.1) is 22.5 Å². The Bertz CT molecular complexity index is 1140. The molecule has 0 saturated carbocycles. The van der Waals surface area contributed by atoms with Gasteiger partial charge >= 0.3 is 0 Å². The first-order valence-corrected chi connectivity index (χ1v) is 12.2. The zero-order chi connectivity index (χ0) is 21.2. The van der Waals surface area contributed by atoms with Crippen LogP contribution in [0.4, 0.5) is 0 Å². The smallest absolute Gasteiger partial charge is 0.242 e. The van der Waals surface area contributed by atoms with Gasteiger partial charge in [0.1, 0.15) is 5.82 Å². The highest BCUT2D eigenvalue weighted by atomic mass is 79.9. The Balaban J connectivity index is 1.74. The number of nitrogens with zero attached hydrogens (tertiary/aromatic N) is 3. The van der Waals surface area contributed by atoms with E-state index in [0.29, 0.717) is 31.4 Å². The molecule has 156 valence electrons. The predicted molar refractivity (Wildman–Crippen MR) is 118 cm³/mol. The van der Waals surface area contributed by atoms with Crippen molar-refractivity contribution in [3.05, 3.63) is 44.8 Å². The molecule has 7 nitrogen and oxygen atoms in total. The number of imidazole rings is 1. The number of fused-ring (bicyclic) bond motifs is 1. The molecule has 2 aromatic heterocycles. The van der Waals surface area contributed by atoms with Crippen LogP contribution in [0.2, 0.25) is 0 Å². The molecule has 10 heteroatoms. The molecule has 1 amide bonds. The first kappa shape index (κ1) is 21.9. The lowest BCUT2D eigenvalue weighted by molar-refractivity contribution is -0.121. The highest BCUT2D eigenvalue weighted by Crippen LogP contribution is 2.23. The van der Waals surface area contributed by atoms with Gasteiger partial charge in [0.15, 0.2) is 0 Å². The third-order valence-corrected chi connectivity index (χ3v) is 8.06. The molecule has 2 heterocycles. The lowest BCUT2D eigenvalue weighted by atomic mass is 10.2. The standard InChI is InChI=1S/C19H23BrN4O3S2/c1-4-24-17-6-5-15(29(26,27)23(2)3)10-16(17)22-18(24)7-8-19(25)21-11-14-9-13(20)12-28-14/h5-6,9-10,12H,4,7-8,11H2,1-3H3,(H,21,25). The lowest BCUT2D eigenvalue weighted by Crippen LogP contribution is -2.23. The Kier molecular flexibility index (Phi) is 6.77. The van der Waals surface area contributed by atoms with Gasteiger partial charge in [0.25, 0.3) is 0 Å². The number of benzene rings is 1. The van der Waals surface area contributed by atoms with Crippen LogP contribution in [-0.2, 0) is 34.3 Å². The molecular weight excluding hydrogens is 476 g/mol. The van der Waals surface area contributed by atoms with Gasteiger partial charge < -0.3 is 9.88 Å². The Labute approximate surface area is 182 Å². The van der Waals surface area contributed by atoms with Crippen LogP contribution in [0.1, 0.15) is 24.0 Å². The van der Waals surface area contributed by atoms with E-state index in [0.717, 1.165) is 20.7 Å². The van der Waals surface area contributed by atoms with Crippen LogP contribution in [0.5, 0.6) is 0 Å². The number of nitrogens with one attached hydrogen (secondary N) is 1. The molecule has 1 N–H and O–H groups in total. The van der Waals surface area contributed by atoms with Crippen molar-refractivity contribution in [2.45, 2.75) is 37.8 Å². The summed E-state index contributed by atoms with van der Waals surface area (Å²) in [6.45, 7) is 3.20. The van der Waals surface area contributed by atoms with Gasteiger partial charge in [0, 0.05) is 48.2 Å². The van der Waals surface area contributed by atoms with Crippen LogP contribution < -0.4 is 5.32 Å². The number of sulfonamides is 1. The molecule has 0 radical (unpaired) electrons. The maximum atomic E-state index is 12.4. The first-order chi connectivity index (χ1) is 13.7. The van der Waals surface area contributed by atoms with Crippen molar-refractivity contribution in [3.63, 3.8) is 0 Å². The maximum absolute atomic E-state index is 12.4. The fourth-order valence-electron chi connectivity index (χ4n) is 3.02. The number of hydrogen-bond acceptors (Lipinski definition) is 5. The average Bonchev–Trinajstić information content (AvgIpc) is 3.26. The summed E-state index contributed by atoms with van der Waals surface area (Å²) in [5.41, 5.74) is 1.48. The van der Waals surface area contributed by atoms with Gasteiger partial charge in [-0.25, -0.2) is 17.7 Å². The SMILES string of the molecule is CCn1c(CCC(=O)NCc2cc(Br)cs2)nc2cc(S(=O)(=O)N(C)C)ccc21. The molecule has 0 fully saturated rings. The van der Waals surface area contributed by atoms with E-state index in [1.54, 1.807) is 29.5 Å². The van der Waals surface area contributed by atoms with E-state index in [9.17, 15) is 13.2 Å². The average molecular weight is 499 g/mol. The van der Waals surface area contributed by atoms with Crippen molar-refractivity contribution in [1.29, 1.82) is 0 Å². The van der Waals surface area contributed by atoms with Gasteiger partial charge in [0.2, 0.25) is 15.9 Å². The molecule has 0 aliphatic carbocycles. The number of aryl methyl sites for hydroxylation is 2. The van der Waals surface area contributed by atoms with Gasteiger partial charge in [-0.05, 0) is 47.1 Å². The normalized spacial score (nSPS) is 12.0. The highest BCUT2D eigenvalue weighted by Gasteiger charge is 2.19. The Morgan fingerprint density at radius 2 is 2.07 bits per heavy atom. The molecule has 3 rings (SSSR count). The van der Waals surface area contributed by atoms with Crippen molar-refractivity contribution in [2.75, 3.05) is 14.1 Å². The number of carbonyl (C=O) groups is 1. The Morgan fingerprint density at radius 1 is 1.31 bits per heavy atom. The molecule has 0 unspecified atom stereocenters. The molecular formula is C19H23BrN4O3S2. The van der Waals surface area contributed by atoms with Gasteiger partial charge in [-0.3, -0.25) is 4.79 Å². The van der Waals surface area contributed by atoms with Gasteiger partial charge in [-0.1, -0.05) is 0 Å². The van der Waals surface area contributed by atoms with E-state index in [4.69, 9.17) is 0 Å². The Hall–Kier alpha value is -1.75. The second-order valence-corrected chi connectivity index (χ2v) is 10.8. The molecule has 0 atom stereocenters. The van der Waals surface area contributed by atoms with Crippen molar-refractivity contribution in [3.8, 4) is 0 Å². The van der Waals surface area contributed by atoms with Gasteiger partial charge in [-0.2, -0.15) is 0 Å². The first-order valence-electron chi connectivity index (χ1n) is 9.13. The number of rotatable bonds is 8. The van der Waals surface area contributed by atoms with E-state index in [2.05, 4.69) is 26.2 Å². The highest BCUT2D eigenvalue weighted by molar-refractivity contribution is 9.10. The molecule has 0 spiro atoms. The fraction of sp³-hybridized carbons (Fsp3) is 0.368. The van der Waals surface area contributed by atoms with Crippen LogP contribution in [0.15, 0.2) is 39.0 Å². The summed E-state index contributed by atoms with van der Waals surface area (Å²) in [7, 11) is -0.513. The summed E-state index contributed by atoms with van der Waals surface area (Å²) in [6, 6.07) is 6.96. The predicted octanol–water partition coefficient (Wildman–Crippen LogP) is 3.38. The van der Waals surface area contributed by atoms with Crippen LogP contribution in [-0.4, -0.2) is 42.3 Å². The minimum absolute atomic E-state index is 0.0416. The van der Waals surface area contributed by atoms with Crippen LogP contribution in [0.3, 0.4) is 0 Å². The van der Waals surface area contributed by atoms with Crippen LogP contribution in [0, 0.1) is 0 Å². The molecule has 3 aromatic rings. The van der Waals surface area contributed by atoms with E-state index < -0.39 is 10.0 Å². The van der Waals surface area contributed by atoms with E-state index in [1.807, 2.05) is 22.9 Å². The van der Waals surface area contributed by atoms with Crippen LogP contribution >= 0.6 is 27.3 Å². The second-order valence-electron chi connectivity index (χ2n) is 6.72. The fourth-order valence-corrected chi connectivity index (χ4v) is 5.33. The van der Waals surface area contributed by atoms with Crippen molar-refractivity contribution in [1.82, 2.24) is 19.2 Å². The van der Waals surface area contributed by atoms with Gasteiger partial charge in [-0.15, -0.1) is 11.3 Å². The molecule has 0 aliphatic heterocycles. The number of amides is 1. The minimum atomic E-state index is -3.52. The van der Waals surface area contributed by atoms with E-state index in [-0.39, 0.29) is 10.8 Å². The zero-order valence-electron chi connectivity index (χ0n) is 16.5. The number of aromatic nitrogens is 2. The topological polar surface area (TPSA) is 84.3 Å². The summed E-state index contributed by atoms with van der Waals surface area (Å²) >= 11 is 4.99. The van der Waals surface area contributed by atoms with E-state index in [1.165, 1.54) is 18.4 Å². The summed E-state index contributed by atoms with van der Waals surface area (Å²) < 4.78 is 29.0. The van der Waals surface area contributed by atoms with Crippen molar-refractivity contribution in [2.24, 2.45) is 0 Å². The van der Waals surface area contributed by atoms with Crippen molar-refractivity contribution >= 4 is 54.2 Å². The molecule has 1 aromatic carbocycles. The number of carbonyl (C=O) groups excluding carboxylic acids is 1. The van der Waals surface area contributed by atoms with Crippen LogP contribution in [0.25, 0.3) is 11.0 Å².